The normalized spacial score (nSPS) is 30.1. The second kappa shape index (κ2) is 6.43. The van der Waals surface area contributed by atoms with Crippen molar-refractivity contribution in [3.8, 4) is 0 Å². The molecule has 2 aliphatic rings. The average Bonchev–Trinajstić information content (AvgIpc) is 3.11. The van der Waals surface area contributed by atoms with E-state index >= 15 is 0 Å². The van der Waals surface area contributed by atoms with E-state index < -0.39 is 0 Å². The van der Waals surface area contributed by atoms with Gasteiger partial charge in [-0.1, -0.05) is 36.8 Å². The fourth-order valence-electron chi connectivity index (χ4n) is 4.26. The van der Waals surface area contributed by atoms with Crippen LogP contribution in [0.15, 0.2) is 30.3 Å². The highest BCUT2D eigenvalue weighted by Crippen LogP contribution is 2.49. The summed E-state index contributed by atoms with van der Waals surface area (Å²) in [5.41, 5.74) is 1.17. The lowest BCUT2D eigenvalue weighted by atomic mass is 9.84. The van der Waals surface area contributed by atoms with Crippen molar-refractivity contribution < 1.29 is 4.79 Å². The zero-order valence-corrected chi connectivity index (χ0v) is 13.6. The second-order valence-corrected chi connectivity index (χ2v) is 7.46. The van der Waals surface area contributed by atoms with Gasteiger partial charge in [-0.25, -0.2) is 0 Å². The molecule has 2 fully saturated rings. The van der Waals surface area contributed by atoms with Crippen LogP contribution in [0.1, 0.15) is 38.2 Å². The first kappa shape index (κ1) is 15.0. The molecule has 0 saturated heterocycles. The molecule has 5 unspecified atom stereocenters. The largest absolute Gasteiger partial charge is 0.352 e. The molecule has 2 bridgehead atoms. The van der Waals surface area contributed by atoms with Gasteiger partial charge in [-0.05, 0) is 55.9 Å². The van der Waals surface area contributed by atoms with Crippen molar-refractivity contribution in [2.75, 3.05) is 0 Å². The van der Waals surface area contributed by atoms with E-state index in [2.05, 4.69) is 37.0 Å². The molecule has 3 rings (SSSR count). The first-order valence-electron chi connectivity index (χ1n) is 8.16. The zero-order valence-electron chi connectivity index (χ0n) is 12.7. The van der Waals surface area contributed by atoms with Gasteiger partial charge in [0.2, 0.25) is 5.91 Å². The van der Waals surface area contributed by atoms with Gasteiger partial charge in [0.1, 0.15) is 0 Å². The number of carbonyl (C=O) groups excluding carboxylic acids is 1. The third-order valence-electron chi connectivity index (χ3n) is 5.38. The number of hydrogen-bond donors (Lipinski definition) is 2. The molecule has 21 heavy (non-hydrogen) atoms. The molecule has 0 spiro atoms. The summed E-state index contributed by atoms with van der Waals surface area (Å²) in [6.07, 6.45) is 6.16. The van der Waals surface area contributed by atoms with Gasteiger partial charge in [0.15, 0.2) is 0 Å². The van der Waals surface area contributed by atoms with E-state index in [1.54, 1.807) is 0 Å². The van der Waals surface area contributed by atoms with Crippen LogP contribution in [0.3, 0.4) is 0 Å². The van der Waals surface area contributed by atoms with Gasteiger partial charge in [-0.2, -0.15) is 12.6 Å². The lowest BCUT2D eigenvalue weighted by molar-refractivity contribution is -0.121. The summed E-state index contributed by atoms with van der Waals surface area (Å²) < 4.78 is 0. The van der Waals surface area contributed by atoms with Gasteiger partial charge >= 0.3 is 0 Å². The SMILES string of the molecule is CC(NC(=O)C(S)Cc1ccccc1)C1CC2CCC1C2. The van der Waals surface area contributed by atoms with Crippen LogP contribution in [0.25, 0.3) is 0 Å². The second-order valence-electron chi connectivity index (χ2n) is 6.84. The Morgan fingerprint density at radius 3 is 2.67 bits per heavy atom. The predicted molar refractivity (Wildman–Crippen MR) is 89.5 cm³/mol. The van der Waals surface area contributed by atoms with Crippen molar-refractivity contribution in [2.45, 2.75) is 50.3 Å². The van der Waals surface area contributed by atoms with Crippen LogP contribution < -0.4 is 5.32 Å². The van der Waals surface area contributed by atoms with Crippen molar-refractivity contribution in [1.29, 1.82) is 0 Å². The molecule has 3 heteroatoms. The number of benzene rings is 1. The Bertz CT molecular complexity index is 489. The minimum absolute atomic E-state index is 0.0810. The summed E-state index contributed by atoms with van der Waals surface area (Å²) in [4.78, 5) is 12.3. The summed E-state index contributed by atoms with van der Waals surface area (Å²) in [5, 5.41) is 2.96. The minimum Gasteiger partial charge on any atom is -0.352 e. The van der Waals surface area contributed by atoms with Crippen LogP contribution in [0, 0.1) is 17.8 Å². The third kappa shape index (κ3) is 3.45. The topological polar surface area (TPSA) is 29.1 Å². The van der Waals surface area contributed by atoms with E-state index in [1.165, 1.54) is 31.2 Å². The highest BCUT2D eigenvalue weighted by Gasteiger charge is 2.42. The van der Waals surface area contributed by atoms with Gasteiger partial charge in [0, 0.05) is 6.04 Å². The van der Waals surface area contributed by atoms with E-state index in [0.29, 0.717) is 18.4 Å². The van der Waals surface area contributed by atoms with Crippen LogP contribution >= 0.6 is 12.6 Å². The molecule has 5 atom stereocenters. The molecule has 2 aliphatic carbocycles. The van der Waals surface area contributed by atoms with E-state index in [4.69, 9.17) is 0 Å². The molecule has 1 N–H and O–H groups in total. The summed E-state index contributed by atoms with van der Waals surface area (Å²) >= 11 is 4.50. The molecule has 0 heterocycles. The van der Waals surface area contributed by atoms with Crippen molar-refractivity contribution in [3.05, 3.63) is 35.9 Å². The van der Waals surface area contributed by atoms with Gasteiger partial charge in [-0.15, -0.1) is 0 Å². The van der Waals surface area contributed by atoms with Crippen LogP contribution in [-0.2, 0) is 11.2 Å². The molecule has 2 nitrogen and oxygen atoms in total. The average molecular weight is 303 g/mol. The van der Waals surface area contributed by atoms with E-state index in [9.17, 15) is 4.79 Å². The Morgan fingerprint density at radius 2 is 2.05 bits per heavy atom. The molecular weight excluding hydrogens is 278 g/mol. The fourth-order valence-corrected chi connectivity index (χ4v) is 4.55. The van der Waals surface area contributed by atoms with Gasteiger partial charge in [-0.3, -0.25) is 4.79 Å². The van der Waals surface area contributed by atoms with Crippen LogP contribution in [0.4, 0.5) is 0 Å². The van der Waals surface area contributed by atoms with Crippen molar-refractivity contribution in [2.24, 2.45) is 17.8 Å². The van der Waals surface area contributed by atoms with Gasteiger partial charge in [0.25, 0.3) is 0 Å². The number of thiol groups is 1. The lowest BCUT2D eigenvalue weighted by Gasteiger charge is -2.29. The maximum Gasteiger partial charge on any atom is 0.233 e. The number of rotatable bonds is 5. The van der Waals surface area contributed by atoms with Crippen molar-refractivity contribution in [1.82, 2.24) is 5.32 Å². The maximum atomic E-state index is 12.3. The minimum atomic E-state index is -0.256. The molecule has 0 radical (unpaired) electrons. The number of carbonyl (C=O) groups is 1. The summed E-state index contributed by atoms with van der Waals surface area (Å²) in [6, 6.07) is 10.4. The predicted octanol–water partition coefficient (Wildman–Crippen LogP) is 3.47. The Labute approximate surface area is 133 Å². The van der Waals surface area contributed by atoms with Gasteiger partial charge < -0.3 is 5.32 Å². The molecule has 0 aromatic heterocycles. The quantitative estimate of drug-likeness (QED) is 0.801. The Hall–Kier alpha value is -0.960. The number of fused-ring (bicyclic) bond motifs is 2. The summed E-state index contributed by atoms with van der Waals surface area (Å²) in [6.45, 7) is 2.17. The molecule has 1 aromatic carbocycles. The van der Waals surface area contributed by atoms with Crippen molar-refractivity contribution >= 4 is 18.5 Å². The Balaban J connectivity index is 1.51. The highest BCUT2D eigenvalue weighted by atomic mass is 32.1. The number of hydrogen-bond acceptors (Lipinski definition) is 2. The smallest absolute Gasteiger partial charge is 0.233 e. The monoisotopic (exact) mass is 303 g/mol. The Kier molecular flexibility index (Phi) is 4.58. The number of nitrogens with one attached hydrogen (secondary N) is 1. The molecule has 0 aliphatic heterocycles. The van der Waals surface area contributed by atoms with Crippen LogP contribution in [0.5, 0.6) is 0 Å². The standard InChI is InChI=1S/C18H25NOS/c1-12(16-10-14-7-8-15(16)9-14)19-18(20)17(21)11-13-5-3-2-4-6-13/h2-6,12,14-17,21H,7-11H2,1H3,(H,19,20). The summed E-state index contributed by atoms with van der Waals surface area (Å²) in [5.74, 6) is 2.54. The molecule has 114 valence electrons. The maximum absolute atomic E-state index is 12.3. The zero-order chi connectivity index (χ0) is 14.8. The number of amides is 1. The summed E-state index contributed by atoms with van der Waals surface area (Å²) in [7, 11) is 0. The van der Waals surface area contributed by atoms with Crippen molar-refractivity contribution in [3.63, 3.8) is 0 Å². The molecule has 2 saturated carbocycles. The lowest BCUT2D eigenvalue weighted by Crippen LogP contribution is -2.43. The van der Waals surface area contributed by atoms with E-state index in [-0.39, 0.29) is 11.2 Å². The Morgan fingerprint density at radius 1 is 1.29 bits per heavy atom. The van der Waals surface area contributed by atoms with E-state index in [1.807, 2.05) is 18.2 Å². The molecular formula is C18H25NOS. The van der Waals surface area contributed by atoms with Crippen LogP contribution in [-0.4, -0.2) is 17.2 Å². The fraction of sp³-hybridized carbons (Fsp3) is 0.611. The third-order valence-corrected chi connectivity index (χ3v) is 5.80. The van der Waals surface area contributed by atoms with Gasteiger partial charge in [0.05, 0.1) is 5.25 Å². The van der Waals surface area contributed by atoms with Crippen LogP contribution in [0.2, 0.25) is 0 Å². The molecule has 1 amide bonds. The first-order chi connectivity index (χ1) is 10.1. The highest BCUT2D eigenvalue weighted by molar-refractivity contribution is 7.81. The molecule has 1 aromatic rings. The van der Waals surface area contributed by atoms with E-state index in [0.717, 1.165) is 11.8 Å². The first-order valence-corrected chi connectivity index (χ1v) is 8.67.